The van der Waals surface area contributed by atoms with Gasteiger partial charge in [-0.2, -0.15) is 0 Å². The van der Waals surface area contributed by atoms with Crippen molar-refractivity contribution < 1.29 is 4.74 Å². The first-order valence-corrected chi connectivity index (χ1v) is 8.45. The van der Waals surface area contributed by atoms with Gasteiger partial charge in [0.2, 0.25) is 0 Å². The number of nitrogens with one attached hydrogen (secondary N) is 1. The van der Waals surface area contributed by atoms with E-state index in [0.717, 1.165) is 35.8 Å². The third kappa shape index (κ3) is 2.60. The fourth-order valence-corrected chi connectivity index (χ4v) is 3.81. The number of fused-ring (bicyclic) bond motifs is 1. The molecular weight excluding hydrogens is 292 g/mol. The van der Waals surface area contributed by atoms with Crippen LogP contribution in [0.1, 0.15) is 12.0 Å². The van der Waals surface area contributed by atoms with Crippen LogP contribution >= 0.6 is 11.3 Å². The normalized spacial score (nSPS) is 18.0. The summed E-state index contributed by atoms with van der Waals surface area (Å²) < 4.78 is 7.32. The molecule has 1 aromatic heterocycles. The first-order chi connectivity index (χ1) is 10.8. The van der Waals surface area contributed by atoms with Gasteiger partial charge in [0, 0.05) is 12.1 Å². The molecule has 0 aliphatic carbocycles. The molecule has 1 aliphatic rings. The van der Waals surface area contributed by atoms with Crippen LogP contribution in [0.25, 0.3) is 20.8 Å². The number of rotatable bonds is 3. The molecule has 1 saturated heterocycles. The Labute approximate surface area is 134 Å². The van der Waals surface area contributed by atoms with E-state index in [1.165, 1.54) is 15.8 Å². The molecule has 0 amide bonds. The molecule has 1 unspecified atom stereocenters. The molecule has 22 heavy (non-hydrogen) atoms. The molecule has 3 aromatic rings. The SMILES string of the molecule is Cc1cccc(-c2nc3c(OC4CCNC4)cccc3s2)c1. The lowest BCUT2D eigenvalue weighted by Gasteiger charge is -2.12. The van der Waals surface area contributed by atoms with Gasteiger partial charge < -0.3 is 10.1 Å². The van der Waals surface area contributed by atoms with Crippen LogP contribution in [0.4, 0.5) is 0 Å². The fraction of sp³-hybridized carbons (Fsp3) is 0.278. The minimum Gasteiger partial charge on any atom is -0.487 e. The number of ether oxygens (including phenoxy) is 1. The van der Waals surface area contributed by atoms with Gasteiger partial charge in [-0.15, -0.1) is 11.3 Å². The predicted molar refractivity (Wildman–Crippen MR) is 91.7 cm³/mol. The number of aromatic nitrogens is 1. The van der Waals surface area contributed by atoms with Crippen molar-refractivity contribution in [3.63, 3.8) is 0 Å². The molecule has 2 heterocycles. The number of hydrogen-bond acceptors (Lipinski definition) is 4. The van der Waals surface area contributed by atoms with Gasteiger partial charge in [0.25, 0.3) is 0 Å². The largest absolute Gasteiger partial charge is 0.487 e. The lowest BCUT2D eigenvalue weighted by molar-refractivity contribution is 0.225. The quantitative estimate of drug-likeness (QED) is 0.793. The zero-order valence-electron chi connectivity index (χ0n) is 12.5. The van der Waals surface area contributed by atoms with Crippen molar-refractivity contribution in [1.82, 2.24) is 10.3 Å². The third-order valence-corrected chi connectivity index (χ3v) is 5.03. The van der Waals surface area contributed by atoms with Crippen LogP contribution in [-0.2, 0) is 0 Å². The van der Waals surface area contributed by atoms with Crippen molar-refractivity contribution in [2.75, 3.05) is 13.1 Å². The van der Waals surface area contributed by atoms with E-state index in [9.17, 15) is 0 Å². The number of nitrogens with zero attached hydrogens (tertiary/aromatic N) is 1. The molecule has 2 aromatic carbocycles. The Kier molecular flexibility index (Phi) is 3.56. The molecule has 1 atom stereocenters. The highest BCUT2D eigenvalue weighted by atomic mass is 32.1. The van der Waals surface area contributed by atoms with Gasteiger partial charge in [0.15, 0.2) is 0 Å². The number of benzene rings is 2. The monoisotopic (exact) mass is 310 g/mol. The average molecular weight is 310 g/mol. The van der Waals surface area contributed by atoms with Crippen LogP contribution in [-0.4, -0.2) is 24.2 Å². The lowest BCUT2D eigenvalue weighted by Crippen LogP contribution is -2.19. The van der Waals surface area contributed by atoms with Gasteiger partial charge in [-0.25, -0.2) is 4.98 Å². The van der Waals surface area contributed by atoms with Crippen LogP contribution < -0.4 is 10.1 Å². The molecule has 112 valence electrons. The topological polar surface area (TPSA) is 34.1 Å². The third-order valence-electron chi connectivity index (χ3n) is 3.96. The molecule has 0 spiro atoms. The maximum atomic E-state index is 6.14. The van der Waals surface area contributed by atoms with Gasteiger partial charge in [0.1, 0.15) is 22.4 Å². The van der Waals surface area contributed by atoms with Gasteiger partial charge in [0.05, 0.1) is 4.70 Å². The van der Waals surface area contributed by atoms with Crippen LogP contribution in [0.15, 0.2) is 42.5 Å². The molecular formula is C18H18N2OS. The van der Waals surface area contributed by atoms with Gasteiger partial charge in [-0.05, 0) is 38.1 Å². The zero-order valence-corrected chi connectivity index (χ0v) is 13.3. The number of hydrogen-bond donors (Lipinski definition) is 1. The van der Waals surface area contributed by atoms with Crippen molar-refractivity contribution in [2.45, 2.75) is 19.4 Å². The van der Waals surface area contributed by atoms with E-state index in [4.69, 9.17) is 9.72 Å². The summed E-state index contributed by atoms with van der Waals surface area (Å²) in [5.74, 6) is 0.904. The second kappa shape index (κ2) is 5.71. The summed E-state index contributed by atoms with van der Waals surface area (Å²) in [6.45, 7) is 4.07. The highest BCUT2D eigenvalue weighted by Gasteiger charge is 2.18. The van der Waals surface area contributed by atoms with Crippen molar-refractivity contribution in [3.05, 3.63) is 48.0 Å². The molecule has 3 nitrogen and oxygen atoms in total. The molecule has 4 heteroatoms. The van der Waals surface area contributed by atoms with Crippen molar-refractivity contribution in [2.24, 2.45) is 0 Å². The van der Waals surface area contributed by atoms with E-state index < -0.39 is 0 Å². The van der Waals surface area contributed by atoms with E-state index in [1.54, 1.807) is 11.3 Å². The Morgan fingerprint density at radius 3 is 2.95 bits per heavy atom. The molecule has 0 bridgehead atoms. The average Bonchev–Trinajstić information content (AvgIpc) is 3.16. The zero-order chi connectivity index (χ0) is 14.9. The minimum absolute atomic E-state index is 0.259. The maximum Gasteiger partial charge on any atom is 0.146 e. The van der Waals surface area contributed by atoms with E-state index in [-0.39, 0.29) is 6.10 Å². The van der Waals surface area contributed by atoms with Crippen LogP contribution in [0, 0.1) is 6.92 Å². The Morgan fingerprint density at radius 2 is 2.14 bits per heavy atom. The second-order valence-corrected chi connectivity index (χ2v) is 6.75. The number of para-hydroxylation sites is 1. The summed E-state index contributed by atoms with van der Waals surface area (Å²) in [6.07, 6.45) is 1.32. The molecule has 1 aliphatic heterocycles. The van der Waals surface area contributed by atoms with Gasteiger partial charge in [-0.3, -0.25) is 0 Å². The summed E-state index contributed by atoms with van der Waals surface area (Å²) in [7, 11) is 0. The van der Waals surface area contributed by atoms with Crippen molar-refractivity contribution in [1.29, 1.82) is 0 Å². The first kappa shape index (κ1) is 13.7. The highest BCUT2D eigenvalue weighted by Crippen LogP contribution is 2.35. The van der Waals surface area contributed by atoms with Crippen molar-refractivity contribution in [3.8, 4) is 16.3 Å². The Bertz CT molecular complexity index is 806. The lowest BCUT2D eigenvalue weighted by atomic mass is 10.1. The number of thiazole rings is 1. The van der Waals surface area contributed by atoms with E-state index >= 15 is 0 Å². The smallest absolute Gasteiger partial charge is 0.146 e. The van der Waals surface area contributed by atoms with Crippen molar-refractivity contribution >= 4 is 21.6 Å². The van der Waals surface area contributed by atoms with Crippen LogP contribution in [0.2, 0.25) is 0 Å². The standard InChI is InChI=1S/C18H18N2OS/c1-12-4-2-5-13(10-12)18-20-17-15(6-3-7-16(17)22-18)21-14-8-9-19-11-14/h2-7,10,14,19H,8-9,11H2,1H3. The molecule has 1 N–H and O–H groups in total. The van der Waals surface area contributed by atoms with E-state index in [2.05, 4.69) is 48.6 Å². The first-order valence-electron chi connectivity index (χ1n) is 7.63. The maximum absolute atomic E-state index is 6.14. The molecule has 4 rings (SSSR count). The summed E-state index contributed by atoms with van der Waals surface area (Å²) in [6, 6.07) is 14.7. The van der Waals surface area contributed by atoms with E-state index in [0.29, 0.717) is 0 Å². The summed E-state index contributed by atoms with van der Waals surface area (Å²) in [5, 5.41) is 4.39. The molecule has 0 saturated carbocycles. The second-order valence-electron chi connectivity index (χ2n) is 5.72. The van der Waals surface area contributed by atoms with Crippen LogP contribution in [0.5, 0.6) is 5.75 Å². The van der Waals surface area contributed by atoms with Gasteiger partial charge in [-0.1, -0.05) is 29.8 Å². The van der Waals surface area contributed by atoms with E-state index in [1.807, 2.05) is 6.07 Å². The molecule has 1 fully saturated rings. The Morgan fingerprint density at radius 1 is 1.23 bits per heavy atom. The minimum atomic E-state index is 0.259. The Balaban J connectivity index is 1.73. The predicted octanol–water partition coefficient (Wildman–Crippen LogP) is 4.01. The highest BCUT2D eigenvalue weighted by molar-refractivity contribution is 7.21. The summed E-state index contributed by atoms with van der Waals surface area (Å²) in [5.41, 5.74) is 3.41. The summed E-state index contributed by atoms with van der Waals surface area (Å²) in [4.78, 5) is 4.84. The fourth-order valence-electron chi connectivity index (χ4n) is 2.83. The Hall–Kier alpha value is -1.91. The van der Waals surface area contributed by atoms with Crippen LogP contribution in [0.3, 0.4) is 0 Å². The van der Waals surface area contributed by atoms with Gasteiger partial charge >= 0.3 is 0 Å². The summed E-state index contributed by atoms with van der Waals surface area (Å²) >= 11 is 1.72. The molecule has 0 radical (unpaired) electrons. The number of aryl methyl sites for hydroxylation is 1.